The third kappa shape index (κ3) is 7.68. The summed E-state index contributed by atoms with van der Waals surface area (Å²) >= 11 is 5.80. The van der Waals surface area contributed by atoms with Gasteiger partial charge in [-0.1, -0.05) is 11.6 Å². The number of nitrogens with one attached hydrogen (secondary N) is 1. The van der Waals surface area contributed by atoms with Crippen molar-refractivity contribution in [3.05, 3.63) is 29.3 Å². The van der Waals surface area contributed by atoms with Gasteiger partial charge < -0.3 is 14.8 Å². The van der Waals surface area contributed by atoms with Gasteiger partial charge in [-0.15, -0.1) is 0 Å². The van der Waals surface area contributed by atoms with Gasteiger partial charge in [0.2, 0.25) is 5.91 Å². The molecule has 0 aliphatic carbocycles. The summed E-state index contributed by atoms with van der Waals surface area (Å²) in [6.07, 6.45) is 2.47. The number of hydrogen-bond donors (Lipinski definition) is 1. The number of carbonyl (C=O) groups excluding carboxylic acids is 1. The maximum absolute atomic E-state index is 11.7. The highest BCUT2D eigenvalue weighted by Gasteiger charge is 2.09. The molecule has 1 amide bonds. The van der Waals surface area contributed by atoms with Crippen LogP contribution in [0.25, 0.3) is 0 Å². The van der Waals surface area contributed by atoms with Crippen LogP contribution in [0.3, 0.4) is 0 Å². The van der Waals surface area contributed by atoms with E-state index in [0.717, 1.165) is 58.0 Å². The van der Waals surface area contributed by atoms with Crippen LogP contribution in [-0.2, 0) is 9.53 Å². The monoisotopic (exact) mass is 340 g/mol. The second-order valence-corrected chi connectivity index (χ2v) is 6.00. The predicted molar refractivity (Wildman–Crippen MR) is 91.1 cm³/mol. The van der Waals surface area contributed by atoms with E-state index in [0.29, 0.717) is 18.1 Å². The van der Waals surface area contributed by atoms with Gasteiger partial charge in [-0.05, 0) is 43.7 Å². The van der Waals surface area contributed by atoms with Gasteiger partial charge in [0.15, 0.2) is 0 Å². The average Bonchev–Trinajstić information content (AvgIpc) is 2.57. The van der Waals surface area contributed by atoms with Gasteiger partial charge in [-0.3, -0.25) is 9.69 Å². The van der Waals surface area contributed by atoms with Gasteiger partial charge >= 0.3 is 0 Å². The number of unbranched alkanes of at least 4 members (excludes halogenated alkanes) is 1. The summed E-state index contributed by atoms with van der Waals surface area (Å²) < 4.78 is 10.8. The first kappa shape index (κ1) is 18.0. The van der Waals surface area contributed by atoms with Gasteiger partial charge in [-0.2, -0.15) is 0 Å². The molecular formula is C17H25ClN2O3. The van der Waals surface area contributed by atoms with E-state index in [1.54, 1.807) is 24.3 Å². The van der Waals surface area contributed by atoms with Crippen molar-refractivity contribution in [1.29, 1.82) is 0 Å². The van der Waals surface area contributed by atoms with Gasteiger partial charge in [0, 0.05) is 24.7 Å². The van der Waals surface area contributed by atoms with Crippen molar-refractivity contribution in [2.24, 2.45) is 0 Å². The third-order valence-electron chi connectivity index (χ3n) is 3.74. The number of amides is 1. The normalized spacial score (nSPS) is 15.3. The fourth-order valence-corrected chi connectivity index (χ4v) is 2.52. The number of ether oxygens (including phenoxy) is 2. The zero-order chi connectivity index (χ0) is 16.3. The lowest BCUT2D eigenvalue weighted by Gasteiger charge is -2.26. The highest BCUT2D eigenvalue weighted by Crippen LogP contribution is 2.15. The second kappa shape index (κ2) is 10.5. The van der Waals surface area contributed by atoms with Crippen molar-refractivity contribution in [1.82, 2.24) is 10.2 Å². The van der Waals surface area contributed by atoms with Crippen molar-refractivity contribution < 1.29 is 14.3 Å². The molecule has 2 rings (SSSR count). The molecule has 0 atom stereocenters. The fourth-order valence-electron chi connectivity index (χ4n) is 2.39. The van der Waals surface area contributed by atoms with Crippen molar-refractivity contribution >= 4 is 17.5 Å². The number of carbonyl (C=O) groups is 1. The van der Waals surface area contributed by atoms with E-state index >= 15 is 0 Å². The van der Waals surface area contributed by atoms with Crippen molar-refractivity contribution in [3.8, 4) is 5.75 Å². The molecule has 0 radical (unpaired) electrons. The number of hydrogen-bond acceptors (Lipinski definition) is 4. The van der Waals surface area contributed by atoms with E-state index in [1.807, 2.05) is 0 Å². The van der Waals surface area contributed by atoms with Crippen molar-refractivity contribution in [2.75, 3.05) is 46.0 Å². The van der Waals surface area contributed by atoms with Crippen LogP contribution in [-0.4, -0.2) is 56.8 Å². The van der Waals surface area contributed by atoms with Crippen LogP contribution in [0, 0.1) is 0 Å². The van der Waals surface area contributed by atoms with Crippen LogP contribution < -0.4 is 10.1 Å². The van der Waals surface area contributed by atoms with E-state index < -0.39 is 0 Å². The molecule has 1 aromatic carbocycles. The molecule has 0 bridgehead atoms. The molecule has 5 nitrogen and oxygen atoms in total. The molecular weight excluding hydrogens is 316 g/mol. The molecule has 0 spiro atoms. The van der Waals surface area contributed by atoms with Gasteiger partial charge in [0.05, 0.1) is 26.2 Å². The molecule has 6 heteroatoms. The summed E-state index contributed by atoms with van der Waals surface area (Å²) in [6.45, 7) is 5.90. The second-order valence-electron chi connectivity index (χ2n) is 5.56. The van der Waals surface area contributed by atoms with E-state index in [1.165, 1.54) is 0 Å². The predicted octanol–water partition coefficient (Wildman–Crippen LogP) is 2.34. The summed E-state index contributed by atoms with van der Waals surface area (Å²) in [7, 11) is 0. The molecule has 1 fully saturated rings. The van der Waals surface area contributed by atoms with Crippen LogP contribution in [0.1, 0.15) is 19.3 Å². The molecule has 1 N–H and O–H groups in total. The lowest BCUT2D eigenvalue weighted by Crippen LogP contribution is -2.37. The molecule has 0 aromatic heterocycles. The molecule has 1 heterocycles. The summed E-state index contributed by atoms with van der Waals surface area (Å²) in [5.74, 6) is 0.762. The molecule has 0 unspecified atom stereocenters. The summed E-state index contributed by atoms with van der Waals surface area (Å²) in [4.78, 5) is 14.1. The lowest BCUT2D eigenvalue weighted by atomic mass is 10.2. The first-order valence-electron chi connectivity index (χ1n) is 8.19. The summed E-state index contributed by atoms with van der Waals surface area (Å²) in [6, 6.07) is 7.13. The van der Waals surface area contributed by atoms with Crippen LogP contribution in [0.4, 0.5) is 0 Å². The van der Waals surface area contributed by atoms with Gasteiger partial charge in [0.1, 0.15) is 5.75 Å². The van der Waals surface area contributed by atoms with Gasteiger partial charge in [0.25, 0.3) is 0 Å². The first-order valence-corrected chi connectivity index (χ1v) is 8.57. The highest BCUT2D eigenvalue weighted by atomic mass is 35.5. The maximum Gasteiger partial charge on any atom is 0.223 e. The SMILES string of the molecule is O=C(CCOc1ccc(Cl)cc1)NCCCCN1CCOCC1. The smallest absolute Gasteiger partial charge is 0.223 e. The Hall–Kier alpha value is -1.30. The molecule has 1 aliphatic rings. The quantitative estimate of drug-likeness (QED) is 0.701. The molecule has 128 valence electrons. The van der Waals surface area contributed by atoms with Crippen LogP contribution in [0.5, 0.6) is 5.75 Å². The first-order chi connectivity index (χ1) is 11.2. The Bertz CT molecular complexity index is 461. The fraction of sp³-hybridized carbons (Fsp3) is 0.588. The van der Waals surface area contributed by atoms with E-state index in [9.17, 15) is 4.79 Å². The number of nitrogens with zero attached hydrogens (tertiary/aromatic N) is 1. The standard InChI is InChI=1S/C17H25ClN2O3/c18-15-3-5-16(6-4-15)23-12-7-17(21)19-8-1-2-9-20-10-13-22-14-11-20/h3-6H,1-2,7-14H2,(H,19,21). The Morgan fingerprint density at radius 2 is 1.96 bits per heavy atom. The summed E-state index contributed by atoms with van der Waals surface area (Å²) in [5, 5.41) is 3.61. The largest absolute Gasteiger partial charge is 0.493 e. The van der Waals surface area contributed by atoms with Crippen LogP contribution >= 0.6 is 11.6 Å². The zero-order valence-electron chi connectivity index (χ0n) is 13.4. The number of benzene rings is 1. The number of halogens is 1. The lowest BCUT2D eigenvalue weighted by molar-refractivity contribution is -0.121. The Kier molecular flexibility index (Phi) is 8.21. The summed E-state index contributed by atoms with van der Waals surface area (Å²) in [5.41, 5.74) is 0. The highest BCUT2D eigenvalue weighted by molar-refractivity contribution is 6.30. The minimum Gasteiger partial charge on any atom is -0.493 e. The maximum atomic E-state index is 11.7. The number of morpholine rings is 1. The molecule has 1 aliphatic heterocycles. The van der Waals surface area contributed by atoms with Crippen LogP contribution in [0.15, 0.2) is 24.3 Å². The molecule has 1 aromatic rings. The minimum atomic E-state index is 0.0327. The Morgan fingerprint density at radius 3 is 2.70 bits per heavy atom. The topological polar surface area (TPSA) is 50.8 Å². The van der Waals surface area contributed by atoms with Crippen LogP contribution in [0.2, 0.25) is 5.02 Å². The van der Waals surface area contributed by atoms with Crippen molar-refractivity contribution in [3.63, 3.8) is 0 Å². The Labute approximate surface area is 142 Å². The molecule has 23 heavy (non-hydrogen) atoms. The number of rotatable bonds is 9. The van der Waals surface area contributed by atoms with E-state index in [-0.39, 0.29) is 5.91 Å². The minimum absolute atomic E-state index is 0.0327. The van der Waals surface area contributed by atoms with Gasteiger partial charge in [-0.25, -0.2) is 0 Å². The Morgan fingerprint density at radius 1 is 1.22 bits per heavy atom. The Balaban J connectivity index is 1.46. The average molecular weight is 341 g/mol. The molecule has 0 saturated carbocycles. The molecule has 1 saturated heterocycles. The van der Waals surface area contributed by atoms with E-state index in [4.69, 9.17) is 21.1 Å². The third-order valence-corrected chi connectivity index (χ3v) is 3.99. The van der Waals surface area contributed by atoms with Crippen molar-refractivity contribution in [2.45, 2.75) is 19.3 Å². The zero-order valence-corrected chi connectivity index (χ0v) is 14.2. The van der Waals surface area contributed by atoms with E-state index in [2.05, 4.69) is 10.2 Å².